The number of amides is 1. The maximum Gasteiger partial charge on any atom is 0.417 e. The standard InChI is InChI=1S/C21H24F3N3O3/c1-13(2)8-18(20(28)27-12-14-4-7-19(29-3)26-11-14)30-16-6-5-15(10-25)17(9-16)21(22,23)24/h4-7,9-11,13,18,25H,8,12H2,1-3H3,(H,27,28). The number of pyridine rings is 1. The Morgan fingerprint density at radius 1 is 1.27 bits per heavy atom. The molecule has 1 aromatic heterocycles. The van der Waals surface area contributed by atoms with Gasteiger partial charge in [0.15, 0.2) is 6.10 Å². The summed E-state index contributed by atoms with van der Waals surface area (Å²) in [6, 6.07) is 6.69. The van der Waals surface area contributed by atoms with Crippen LogP contribution in [0.25, 0.3) is 0 Å². The van der Waals surface area contributed by atoms with Crippen LogP contribution in [-0.4, -0.2) is 30.3 Å². The van der Waals surface area contributed by atoms with Gasteiger partial charge in [-0.15, -0.1) is 0 Å². The second-order valence-electron chi connectivity index (χ2n) is 7.05. The summed E-state index contributed by atoms with van der Waals surface area (Å²) in [4.78, 5) is 16.7. The van der Waals surface area contributed by atoms with Gasteiger partial charge in [-0.05, 0) is 36.1 Å². The van der Waals surface area contributed by atoms with E-state index in [0.29, 0.717) is 18.5 Å². The molecule has 2 aromatic rings. The molecular formula is C21H24F3N3O3. The fraction of sp³-hybridized carbons (Fsp3) is 0.381. The van der Waals surface area contributed by atoms with E-state index < -0.39 is 23.8 Å². The number of ether oxygens (including phenoxy) is 2. The van der Waals surface area contributed by atoms with Crippen LogP contribution in [0.4, 0.5) is 13.2 Å². The van der Waals surface area contributed by atoms with Crippen molar-refractivity contribution in [1.29, 1.82) is 5.41 Å². The SMILES string of the molecule is COc1ccc(CNC(=O)C(CC(C)C)Oc2ccc(C=N)c(C(F)(F)F)c2)cn1. The van der Waals surface area contributed by atoms with Gasteiger partial charge in [-0.3, -0.25) is 4.79 Å². The van der Waals surface area contributed by atoms with Gasteiger partial charge in [-0.25, -0.2) is 4.98 Å². The maximum absolute atomic E-state index is 13.2. The molecule has 1 heterocycles. The summed E-state index contributed by atoms with van der Waals surface area (Å²) in [5.41, 5.74) is -0.517. The maximum atomic E-state index is 13.2. The van der Waals surface area contributed by atoms with Crippen molar-refractivity contribution < 1.29 is 27.4 Å². The molecule has 2 N–H and O–H groups in total. The number of hydrogen-bond donors (Lipinski definition) is 2. The van der Waals surface area contributed by atoms with Crippen molar-refractivity contribution in [3.63, 3.8) is 0 Å². The lowest BCUT2D eigenvalue weighted by Gasteiger charge is -2.21. The molecule has 0 aliphatic carbocycles. The Morgan fingerprint density at radius 2 is 2.00 bits per heavy atom. The van der Waals surface area contributed by atoms with E-state index in [-0.39, 0.29) is 23.8 Å². The number of rotatable bonds is 9. The van der Waals surface area contributed by atoms with Gasteiger partial charge in [-0.2, -0.15) is 13.2 Å². The zero-order valence-corrected chi connectivity index (χ0v) is 16.9. The first-order chi connectivity index (χ1) is 14.1. The Kier molecular flexibility index (Phi) is 7.79. The summed E-state index contributed by atoms with van der Waals surface area (Å²) in [6.45, 7) is 3.96. The molecule has 0 spiro atoms. The van der Waals surface area contributed by atoms with Gasteiger partial charge in [0.05, 0.1) is 12.7 Å². The van der Waals surface area contributed by atoms with Gasteiger partial charge in [0.2, 0.25) is 5.88 Å². The topological polar surface area (TPSA) is 84.3 Å². The van der Waals surface area contributed by atoms with E-state index in [1.54, 1.807) is 18.3 Å². The molecular weight excluding hydrogens is 399 g/mol. The average molecular weight is 423 g/mol. The highest BCUT2D eigenvalue weighted by molar-refractivity contribution is 5.82. The Labute approximate surface area is 172 Å². The Morgan fingerprint density at radius 3 is 2.53 bits per heavy atom. The van der Waals surface area contributed by atoms with Crippen LogP contribution in [0.1, 0.15) is 37.0 Å². The van der Waals surface area contributed by atoms with Gasteiger partial charge >= 0.3 is 6.18 Å². The molecule has 1 aromatic carbocycles. The van der Waals surface area contributed by atoms with E-state index in [1.807, 2.05) is 13.8 Å². The molecule has 9 heteroatoms. The highest BCUT2D eigenvalue weighted by Crippen LogP contribution is 2.34. The summed E-state index contributed by atoms with van der Waals surface area (Å²) < 4.78 is 50.3. The molecule has 1 amide bonds. The second-order valence-corrected chi connectivity index (χ2v) is 7.05. The largest absolute Gasteiger partial charge is 0.481 e. The molecule has 30 heavy (non-hydrogen) atoms. The summed E-state index contributed by atoms with van der Waals surface area (Å²) in [5.74, 6) is -0.00433. The van der Waals surface area contributed by atoms with Crippen LogP contribution in [0.5, 0.6) is 11.6 Å². The Hall–Kier alpha value is -3.10. The monoisotopic (exact) mass is 423 g/mol. The van der Waals surface area contributed by atoms with Crippen molar-refractivity contribution in [2.45, 2.75) is 39.1 Å². The van der Waals surface area contributed by atoms with Crippen molar-refractivity contribution in [3.8, 4) is 11.6 Å². The minimum absolute atomic E-state index is 0.0753. The number of nitrogens with zero attached hydrogens (tertiary/aromatic N) is 1. The molecule has 0 fully saturated rings. The molecule has 0 saturated heterocycles. The van der Waals surface area contributed by atoms with Crippen molar-refractivity contribution in [3.05, 3.63) is 53.2 Å². The molecule has 0 saturated carbocycles. The zero-order chi connectivity index (χ0) is 22.3. The van der Waals surface area contributed by atoms with E-state index in [9.17, 15) is 18.0 Å². The molecule has 6 nitrogen and oxygen atoms in total. The number of benzene rings is 1. The van der Waals surface area contributed by atoms with Crippen LogP contribution in [0, 0.1) is 11.3 Å². The molecule has 0 radical (unpaired) electrons. The number of nitrogens with one attached hydrogen (secondary N) is 2. The van der Waals surface area contributed by atoms with E-state index in [2.05, 4.69) is 10.3 Å². The van der Waals surface area contributed by atoms with E-state index in [1.165, 1.54) is 13.2 Å². The lowest BCUT2D eigenvalue weighted by Crippen LogP contribution is -2.39. The predicted molar refractivity (Wildman–Crippen MR) is 106 cm³/mol. The lowest BCUT2D eigenvalue weighted by atomic mass is 10.0. The number of halogens is 3. The van der Waals surface area contributed by atoms with Crippen molar-refractivity contribution in [1.82, 2.24) is 10.3 Å². The van der Waals surface area contributed by atoms with Crippen molar-refractivity contribution >= 4 is 12.1 Å². The van der Waals surface area contributed by atoms with Gasteiger partial charge in [0.25, 0.3) is 5.91 Å². The van der Waals surface area contributed by atoms with E-state index >= 15 is 0 Å². The quantitative estimate of drug-likeness (QED) is 0.592. The minimum atomic E-state index is -4.64. The summed E-state index contributed by atoms with van der Waals surface area (Å²) in [6.07, 6.45) is -3.09. The minimum Gasteiger partial charge on any atom is -0.481 e. The first-order valence-corrected chi connectivity index (χ1v) is 9.29. The fourth-order valence-electron chi connectivity index (χ4n) is 2.72. The number of carbonyl (C=O) groups is 1. The van der Waals surface area contributed by atoms with E-state index in [0.717, 1.165) is 17.7 Å². The predicted octanol–water partition coefficient (Wildman–Crippen LogP) is 4.22. The number of carbonyl (C=O) groups excluding carboxylic acids is 1. The number of alkyl halides is 3. The van der Waals surface area contributed by atoms with Crippen LogP contribution >= 0.6 is 0 Å². The Bertz CT molecular complexity index is 868. The van der Waals surface area contributed by atoms with Gasteiger partial charge in [-0.1, -0.05) is 19.9 Å². The van der Waals surface area contributed by atoms with Crippen LogP contribution in [0.3, 0.4) is 0 Å². The molecule has 162 valence electrons. The van der Waals surface area contributed by atoms with Crippen LogP contribution < -0.4 is 14.8 Å². The molecule has 1 atom stereocenters. The van der Waals surface area contributed by atoms with Crippen LogP contribution in [0.15, 0.2) is 36.5 Å². The second kappa shape index (κ2) is 10.1. The third-order valence-corrected chi connectivity index (χ3v) is 4.22. The van der Waals surface area contributed by atoms with Gasteiger partial charge in [0, 0.05) is 30.6 Å². The smallest absolute Gasteiger partial charge is 0.417 e. The third kappa shape index (κ3) is 6.47. The first kappa shape index (κ1) is 23.2. The number of methoxy groups -OCH3 is 1. The molecule has 0 aliphatic heterocycles. The normalized spacial score (nSPS) is 12.4. The summed E-state index contributed by atoms with van der Waals surface area (Å²) in [7, 11) is 1.50. The average Bonchev–Trinajstić information content (AvgIpc) is 2.70. The fourth-order valence-corrected chi connectivity index (χ4v) is 2.72. The van der Waals surface area contributed by atoms with Gasteiger partial charge < -0.3 is 20.2 Å². The van der Waals surface area contributed by atoms with Gasteiger partial charge in [0.1, 0.15) is 5.75 Å². The van der Waals surface area contributed by atoms with E-state index in [4.69, 9.17) is 14.9 Å². The number of hydrogen-bond acceptors (Lipinski definition) is 5. The Balaban J connectivity index is 2.14. The van der Waals surface area contributed by atoms with Crippen molar-refractivity contribution in [2.24, 2.45) is 5.92 Å². The highest BCUT2D eigenvalue weighted by Gasteiger charge is 2.34. The van der Waals surface area contributed by atoms with Crippen LogP contribution in [0.2, 0.25) is 0 Å². The van der Waals surface area contributed by atoms with Crippen molar-refractivity contribution in [2.75, 3.05) is 7.11 Å². The lowest BCUT2D eigenvalue weighted by molar-refractivity contribution is -0.137. The van der Waals surface area contributed by atoms with Crippen LogP contribution in [-0.2, 0) is 17.5 Å². The summed E-state index contributed by atoms with van der Waals surface area (Å²) in [5, 5.41) is 9.88. The molecule has 0 bridgehead atoms. The zero-order valence-electron chi connectivity index (χ0n) is 16.9. The molecule has 2 rings (SSSR count). The number of aromatic nitrogens is 1. The molecule has 0 aliphatic rings. The summed E-state index contributed by atoms with van der Waals surface area (Å²) >= 11 is 0. The third-order valence-electron chi connectivity index (χ3n) is 4.22. The highest BCUT2D eigenvalue weighted by atomic mass is 19.4. The molecule has 1 unspecified atom stereocenters. The first-order valence-electron chi connectivity index (χ1n) is 9.29.